The van der Waals surface area contributed by atoms with Crippen molar-refractivity contribution in [2.45, 2.75) is 32.4 Å². The molecule has 0 spiro atoms. The van der Waals surface area contributed by atoms with Gasteiger partial charge in [-0.3, -0.25) is 9.59 Å². The molecule has 94 valence electrons. The summed E-state index contributed by atoms with van der Waals surface area (Å²) in [6.45, 7) is 2.03. The fourth-order valence-corrected chi connectivity index (χ4v) is 1.17. The summed E-state index contributed by atoms with van der Waals surface area (Å²) in [6.07, 6.45) is 1.90. The van der Waals surface area contributed by atoms with E-state index in [2.05, 4.69) is 10.3 Å². The van der Waals surface area contributed by atoms with Gasteiger partial charge in [0, 0.05) is 6.42 Å². The maximum atomic E-state index is 11.4. The van der Waals surface area contributed by atoms with E-state index < -0.39 is 24.3 Å². The molecule has 1 heterocycles. The molecule has 0 aliphatic rings. The number of amides is 1. The average molecular weight is 241 g/mol. The fourth-order valence-electron chi connectivity index (χ4n) is 1.17. The summed E-state index contributed by atoms with van der Waals surface area (Å²) in [6, 6.07) is -1.06. The van der Waals surface area contributed by atoms with Gasteiger partial charge in [-0.05, 0) is 0 Å². The van der Waals surface area contributed by atoms with Crippen molar-refractivity contribution in [3.8, 4) is 0 Å². The SMILES string of the molecule is CCc1cnc(CNC(=O)C(N)CC(=O)O)o1. The summed E-state index contributed by atoms with van der Waals surface area (Å²) in [5.41, 5.74) is 5.37. The molecular formula is C10H15N3O4. The van der Waals surface area contributed by atoms with Crippen LogP contribution in [0.3, 0.4) is 0 Å². The highest BCUT2D eigenvalue weighted by Crippen LogP contribution is 2.03. The molecule has 1 amide bonds. The Morgan fingerprint density at radius 2 is 2.35 bits per heavy atom. The second-order valence-electron chi connectivity index (χ2n) is 3.50. The molecule has 0 aliphatic carbocycles. The van der Waals surface area contributed by atoms with Crippen molar-refractivity contribution in [1.29, 1.82) is 0 Å². The molecule has 0 radical (unpaired) electrons. The minimum absolute atomic E-state index is 0.103. The van der Waals surface area contributed by atoms with Gasteiger partial charge in [0.2, 0.25) is 11.8 Å². The predicted octanol–water partition coefficient (Wildman–Crippen LogP) is -0.345. The number of carbonyl (C=O) groups is 2. The number of rotatable bonds is 6. The minimum atomic E-state index is -1.11. The number of oxazole rings is 1. The summed E-state index contributed by atoms with van der Waals surface area (Å²) in [5, 5.41) is 10.9. The lowest BCUT2D eigenvalue weighted by Crippen LogP contribution is -2.41. The van der Waals surface area contributed by atoms with Crippen LogP contribution in [0.1, 0.15) is 25.0 Å². The maximum absolute atomic E-state index is 11.4. The zero-order chi connectivity index (χ0) is 12.8. The monoisotopic (exact) mass is 241 g/mol. The molecule has 17 heavy (non-hydrogen) atoms. The summed E-state index contributed by atoms with van der Waals surface area (Å²) < 4.78 is 5.26. The second-order valence-corrected chi connectivity index (χ2v) is 3.50. The lowest BCUT2D eigenvalue weighted by atomic mass is 10.2. The van der Waals surface area contributed by atoms with Crippen LogP contribution >= 0.6 is 0 Å². The molecule has 0 aromatic carbocycles. The molecule has 1 unspecified atom stereocenters. The Morgan fingerprint density at radius 3 is 2.88 bits per heavy atom. The van der Waals surface area contributed by atoms with Gasteiger partial charge in [-0.15, -0.1) is 0 Å². The molecule has 0 aliphatic heterocycles. The lowest BCUT2D eigenvalue weighted by molar-refractivity contribution is -0.139. The van der Waals surface area contributed by atoms with Gasteiger partial charge in [0.1, 0.15) is 5.76 Å². The highest BCUT2D eigenvalue weighted by Gasteiger charge is 2.17. The molecule has 1 rings (SSSR count). The number of hydrogen-bond donors (Lipinski definition) is 3. The molecule has 1 aromatic rings. The van der Waals surface area contributed by atoms with E-state index in [1.54, 1.807) is 6.20 Å². The Morgan fingerprint density at radius 1 is 1.65 bits per heavy atom. The molecule has 0 bridgehead atoms. The summed E-state index contributed by atoms with van der Waals surface area (Å²) in [7, 11) is 0. The number of nitrogens with two attached hydrogens (primary N) is 1. The number of carboxylic acids is 1. The first kappa shape index (κ1) is 13.2. The van der Waals surface area contributed by atoms with Gasteiger partial charge in [-0.2, -0.15) is 0 Å². The summed E-state index contributed by atoms with van der Waals surface area (Å²) in [4.78, 5) is 25.6. The van der Waals surface area contributed by atoms with Crippen LogP contribution in [-0.4, -0.2) is 28.0 Å². The molecule has 0 fully saturated rings. The molecule has 7 heteroatoms. The van der Waals surface area contributed by atoms with Crippen LogP contribution in [0.2, 0.25) is 0 Å². The molecular weight excluding hydrogens is 226 g/mol. The molecule has 1 atom stereocenters. The standard InChI is InChI=1S/C10H15N3O4/c1-2-6-4-12-8(17-6)5-13-10(16)7(11)3-9(14)15/h4,7H,2-3,5,11H2,1H3,(H,13,16)(H,14,15). The van der Waals surface area contributed by atoms with E-state index >= 15 is 0 Å². The van der Waals surface area contributed by atoms with Crippen LogP contribution < -0.4 is 11.1 Å². The molecule has 1 aromatic heterocycles. The first-order valence-corrected chi connectivity index (χ1v) is 5.21. The maximum Gasteiger partial charge on any atom is 0.305 e. The molecule has 0 saturated carbocycles. The van der Waals surface area contributed by atoms with Gasteiger partial charge in [0.15, 0.2) is 0 Å². The van der Waals surface area contributed by atoms with E-state index in [0.29, 0.717) is 5.89 Å². The molecule has 4 N–H and O–H groups in total. The van der Waals surface area contributed by atoms with E-state index in [4.69, 9.17) is 15.3 Å². The molecule has 0 saturated heterocycles. The number of aliphatic carboxylic acids is 1. The van der Waals surface area contributed by atoms with Crippen LogP contribution in [0.4, 0.5) is 0 Å². The van der Waals surface area contributed by atoms with Crippen molar-refractivity contribution in [1.82, 2.24) is 10.3 Å². The Balaban J connectivity index is 2.39. The van der Waals surface area contributed by atoms with E-state index in [1.165, 1.54) is 0 Å². The number of carboxylic acid groups (broad SMARTS) is 1. The zero-order valence-electron chi connectivity index (χ0n) is 9.47. The van der Waals surface area contributed by atoms with Crippen LogP contribution in [0.15, 0.2) is 10.6 Å². The lowest BCUT2D eigenvalue weighted by Gasteiger charge is -2.08. The van der Waals surface area contributed by atoms with E-state index in [0.717, 1.165) is 12.2 Å². The number of aromatic nitrogens is 1. The van der Waals surface area contributed by atoms with Gasteiger partial charge >= 0.3 is 5.97 Å². The first-order valence-electron chi connectivity index (χ1n) is 5.21. The van der Waals surface area contributed by atoms with E-state index in [-0.39, 0.29) is 6.54 Å². The number of nitrogens with one attached hydrogen (secondary N) is 1. The topological polar surface area (TPSA) is 118 Å². The van der Waals surface area contributed by atoms with Crippen LogP contribution in [0.5, 0.6) is 0 Å². The molecule has 7 nitrogen and oxygen atoms in total. The van der Waals surface area contributed by atoms with Crippen LogP contribution in [0, 0.1) is 0 Å². The van der Waals surface area contributed by atoms with Crippen molar-refractivity contribution in [2.24, 2.45) is 5.73 Å². The third-order valence-electron chi connectivity index (χ3n) is 2.10. The third-order valence-corrected chi connectivity index (χ3v) is 2.10. The van der Waals surface area contributed by atoms with Gasteiger partial charge in [-0.25, -0.2) is 4.98 Å². The minimum Gasteiger partial charge on any atom is -0.481 e. The van der Waals surface area contributed by atoms with Crippen LogP contribution in [0.25, 0.3) is 0 Å². The normalized spacial score (nSPS) is 12.1. The Bertz CT molecular complexity index is 402. The number of carbonyl (C=O) groups excluding carboxylic acids is 1. The van der Waals surface area contributed by atoms with Crippen LogP contribution in [-0.2, 0) is 22.6 Å². The van der Waals surface area contributed by atoms with Crippen molar-refractivity contribution < 1.29 is 19.1 Å². The number of hydrogen-bond acceptors (Lipinski definition) is 5. The van der Waals surface area contributed by atoms with Gasteiger partial charge in [0.05, 0.1) is 25.2 Å². The highest BCUT2D eigenvalue weighted by molar-refractivity contribution is 5.85. The van der Waals surface area contributed by atoms with E-state index in [1.807, 2.05) is 6.92 Å². The van der Waals surface area contributed by atoms with Gasteiger partial charge in [0.25, 0.3) is 0 Å². The Hall–Kier alpha value is -1.89. The fraction of sp³-hybridized carbons (Fsp3) is 0.500. The third kappa shape index (κ3) is 4.23. The number of aryl methyl sites for hydroxylation is 1. The van der Waals surface area contributed by atoms with Crippen molar-refractivity contribution in [3.63, 3.8) is 0 Å². The average Bonchev–Trinajstić information content (AvgIpc) is 2.72. The zero-order valence-corrected chi connectivity index (χ0v) is 9.47. The smallest absolute Gasteiger partial charge is 0.305 e. The first-order chi connectivity index (χ1) is 8.02. The largest absolute Gasteiger partial charge is 0.481 e. The highest BCUT2D eigenvalue weighted by atomic mass is 16.4. The van der Waals surface area contributed by atoms with Crippen molar-refractivity contribution >= 4 is 11.9 Å². The number of nitrogens with zero attached hydrogens (tertiary/aromatic N) is 1. The quantitative estimate of drug-likeness (QED) is 0.626. The summed E-state index contributed by atoms with van der Waals surface area (Å²) >= 11 is 0. The predicted molar refractivity (Wildman–Crippen MR) is 58.0 cm³/mol. The van der Waals surface area contributed by atoms with Gasteiger partial charge < -0.3 is 20.6 Å². The Kier molecular flexibility index (Phi) is 4.65. The van der Waals surface area contributed by atoms with Crippen molar-refractivity contribution in [2.75, 3.05) is 0 Å². The second kappa shape index (κ2) is 6.00. The van der Waals surface area contributed by atoms with E-state index in [9.17, 15) is 9.59 Å². The Labute approximate surface area is 98.0 Å². The van der Waals surface area contributed by atoms with Gasteiger partial charge in [-0.1, -0.05) is 6.92 Å². The van der Waals surface area contributed by atoms with Crippen molar-refractivity contribution in [3.05, 3.63) is 17.8 Å². The summed E-state index contributed by atoms with van der Waals surface area (Å²) in [5.74, 6) is -0.553.